The maximum atomic E-state index is 12.0. The molecule has 0 aliphatic heterocycles. The average Bonchev–Trinajstić information content (AvgIpc) is 2.66. The Morgan fingerprint density at radius 2 is 1.88 bits per heavy atom. The number of rotatable bonds is 7. The standard InChI is InChI=1S/C18H22N2O4S/c1-23-13-6-9-15(17(10-13)24-2)20-18(22)19-11-16(21)12-4-7-14(25-3)8-5-12/h4-10,16,21H,11H2,1-3H3,(H2,19,20,22). The van der Waals surface area contributed by atoms with Crippen molar-refractivity contribution >= 4 is 23.5 Å². The molecule has 25 heavy (non-hydrogen) atoms. The molecule has 0 bridgehead atoms. The number of methoxy groups -OCH3 is 2. The molecule has 1 unspecified atom stereocenters. The highest BCUT2D eigenvalue weighted by Crippen LogP contribution is 2.28. The van der Waals surface area contributed by atoms with Gasteiger partial charge in [-0.25, -0.2) is 4.79 Å². The lowest BCUT2D eigenvalue weighted by molar-refractivity contribution is 0.175. The van der Waals surface area contributed by atoms with Crippen LogP contribution in [0.25, 0.3) is 0 Å². The number of carbonyl (C=O) groups is 1. The molecule has 0 aliphatic carbocycles. The minimum Gasteiger partial charge on any atom is -0.497 e. The lowest BCUT2D eigenvalue weighted by Gasteiger charge is -2.15. The molecule has 6 nitrogen and oxygen atoms in total. The van der Waals surface area contributed by atoms with Crippen LogP contribution in [0.1, 0.15) is 11.7 Å². The zero-order valence-corrected chi connectivity index (χ0v) is 15.2. The monoisotopic (exact) mass is 362 g/mol. The fourth-order valence-electron chi connectivity index (χ4n) is 2.20. The topological polar surface area (TPSA) is 79.8 Å². The van der Waals surface area contributed by atoms with Crippen molar-refractivity contribution in [1.82, 2.24) is 5.32 Å². The van der Waals surface area contributed by atoms with Crippen molar-refractivity contribution in [2.75, 3.05) is 32.3 Å². The summed E-state index contributed by atoms with van der Waals surface area (Å²) in [5.41, 5.74) is 1.26. The van der Waals surface area contributed by atoms with Crippen molar-refractivity contribution in [3.05, 3.63) is 48.0 Å². The Kier molecular flexibility index (Phi) is 6.97. The van der Waals surface area contributed by atoms with Crippen LogP contribution < -0.4 is 20.1 Å². The molecule has 134 valence electrons. The van der Waals surface area contributed by atoms with Gasteiger partial charge in [0, 0.05) is 17.5 Å². The fraction of sp³-hybridized carbons (Fsp3) is 0.278. The summed E-state index contributed by atoms with van der Waals surface area (Å²) >= 11 is 1.63. The Hall–Kier alpha value is -2.38. The number of anilines is 1. The smallest absolute Gasteiger partial charge is 0.319 e. The molecule has 0 aliphatic rings. The van der Waals surface area contributed by atoms with Crippen molar-refractivity contribution in [2.45, 2.75) is 11.0 Å². The van der Waals surface area contributed by atoms with Crippen molar-refractivity contribution in [1.29, 1.82) is 0 Å². The third-order valence-electron chi connectivity index (χ3n) is 3.61. The molecule has 2 amide bonds. The third kappa shape index (κ3) is 5.30. The summed E-state index contributed by atoms with van der Waals surface area (Å²) in [6.45, 7) is 0.100. The van der Waals surface area contributed by atoms with Crippen LogP contribution in [-0.2, 0) is 0 Å². The Morgan fingerprint density at radius 3 is 2.48 bits per heavy atom. The second kappa shape index (κ2) is 9.19. The van der Waals surface area contributed by atoms with E-state index in [0.29, 0.717) is 17.2 Å². The van der Waals surface area contributed by atoms with Gasteiger partial charge in [-0.15, -0.1) is 11.8 Å². The second-order valence-electron chi connectivity index (χ2n) is 5.19. The predicted octanol–water partition coefficient (Wildman–Crippen LogP) is 3.28. The average molecular weight is 362 g/mol. The number of urea groups is 1. The van der Waals surface area contributed by atoms with Crippen molar-refractivity contribution < 1.29 is 19.4 Å². The summed E-state index contributed by atoms with van der Waals surface area (Å²) in [4.78, 5) is 13.2. The van der Waals surface area contributed by atoms with Crippen LogP contribution in [0.2, 0.25) is 0 Å². The van der Waals surface area contributed by atoms with Gasteiger partial charge in [0.1, 0.15) is 11.5 Å². The van der Waals surface area contributed by atoms with E-state index in [2.05, 4.69) is 10.6 Å². The Balaban J connectivity index is 1.91. The van der Waals surface area contributed by atoms with Gasteiger partial charge in [-0.05, 0) is 36.1 Å². The normalized spacial score (nSPS) is 11.5. The molecule has 0 saturated carbocycles. The van der Waals surface area contributed by atoms with Gasteiger partial charge < -0.3 is 25.2 Å². The minimum absolute atomic E-state index is 0.100. The number of aliphatic hydroxyl groups is 1. The zero-order chi connectivity index (χ0) is 18.2. The van der Waals surface area contributed by atoms with Crippen molar-refractivity contribution in [2.24, 2.45) is 0 Å². The lowest BCUT2D eigenvalue weighted by atomic mass is 10.1. The van der Waals surface area contributed by atoms with Crippen LogP contribution in [0.15, 0.2) is 47.4 Å². The summed E-state index contributed by atoms with van der Waals surface area (Å²) in [6.07, 6.45) is 1.21. The maximum absolute atomic E-state index is 12.0. The van der Waals surface area contributed by atoms with E-state index in [-0.39, 0.29) is 6.54 Å². The molecule has 0 spiro atoms. The van der Waals surface area contributed by atoms with Crippen LogP contribution in [-0.4, -0.2) is 38.2 Å². The fourth-order valence-corrected chi connectivity index (χ4v) is 2.61. The molecule has 0 radical (unpaired) electrons. The van der Waals surface area contributed by atoms with E-state index in [9.17, 15) is 9.90 Å². The highest BCUT2D eigenvalue weighted by molar-refractivity contribution is 7.98. The van der Waals surface area contributed by atoms with Crippen LogP contribution in [0, 0.1) is 0 Å². The first kappa shape index (κ1) is 19.0. The van der Waals surface area contributed by atoms with Gasteiger partial charge in [-0.3, -0.25) is 0 Å². The number of aliphatic hydroxyl groups excluding tert-OH is 1. The Bertz CT molecular complexity index is 707. The molecule has 0 saturated heterocycles. The number of amides is 2. The van der Waals surface area contributed by atoms with E-state index in [1.807, 2.05) is 30.5 Å². The van der Waals surface area contributed by atoms with Crippen molar-refractivity contribution in [3.8, 4) is 11.5 Å². The first-order valence-electron chi connectivity index (χ1n) is 7.66. The van der Waals surface area contributed by atoms with Gasteiger partial charge in [0.25, 0.3) is 0 Å². The number of carbonyl (C=O) groups excluding carboxylic acids is 1. The molecule has 0 fully saturated rings. The molecule has 0 aromatic heterocycles. The second-order valence-corrected chi connectivity index (χ2v) is 6.07. The summed E-state index contributed by atoms with van der Waals surface area (Å²) in [7, 11) is 3.07. The first-order valence-corrected chi connectivity index (χ1v) is 8.88. The third-order valence-corrected chi connectivity index (χ3v) is 4.36. The molecule has 7 heteroatoms. The molecule has 2 aromatic rings. The lowest BCUT2D eigenvalue weighted by Crippen LogP contribution is -2.32. The van der Waals surface area contributed by atoms with Crippen LogP contribution in [0.4, 0.5) is 10.5 Å². The number of benzene rings is 2. The molecule has 1 atom stereocenters. The maximum Gasteiger partial charge on any atom is 0.319 e. The molecular weight excluding hydrogens is 340 g/mol. The first-order chi connectivity index (χ1) is 12.1. The summed E-state index contributed by atoms with van der Waals surface area (Å²) in [6, 6.07) is 12.2. The highest BCUT2D eigenvalue weighted by Gasteiger charge is 2.12. The number of hydrogen-bond donors (Lipinski definition) is 3. The van der Waals surface area contributed by atoms with E-state index in [0.717, 1.165) is 10.5 Å². The SMILES string of the molecule is COc1ccc(NC(=O)NCC(O)c2ccc(SC)cc2)c(OC)c1. The van der Waals surface area contributed by atoms with Crippen LogP contribution in [0.3, 0.4) is 0 Å². The number of nitrogens with one attached hydrogen (secondary N) is 2. The molecule has 0 heterocycles. The highest BCUT2D eigenvalue weighted by atomic mass is 32.2. The van der Waals surface area contributed by atoms with E-state index in [4.69, 9.17) is 9.47 Å². The number of hydrogen-bond acceptors (Lipinski definition) is 5. The quantitative estimate of drug-likeness (QED) is 0.659. The predicted molar refractivity (Wildman–Crippen MR) is 99.8 cm³/mol. The molecule has 3 N–H and O–H groups in total. The van der Waals surface area contributed by atoms with E-state index in [1.165, 1.54) is 7.11 Å². The van der Waals surface area contributed by atoms with E-state index < -0.39 is 12.1 Å². The van der Waals surface area contributed by atoms with Gasteiger partial charge in [0.2, 0.25) is 0 Å². The Labute approximate surface area is 151 Å². The van der Waals surface area contributed by atoms with E-state index in [1.54, 1.807) is 37.1 Å². The number of ether oxygens (including phenoxy) is 2. The molecule has 2 rings (SSSR count). The zero-order valence-electron chi connectivity index (χ0n) is 14.4. The van der Waals surface area contributed by atoms with Gasteiger partial charge in [-0.2, -0.15) is 0 Å². The van der Waals surface area contributed by atoms with E-state index >= 15 is 0 Å². The van der Waals surface area contributed by atoms with Gasteiger partial charge in [-0.1, -0.05) is 12.1 Å². The van der Waals surface area contributed by atoms with Crippen LogP contribution in [0.5, 0.6) is 11.5 Å². The van der Waals surface area contributed by atoms with Gasteiger partial charge in [0.15, 0.2) is 0 Å². The summed E-state index contributed by atoms with van der Waals surface area (Å²) in [5, 5.41) is 15.5. The largest absolute Gasteiger partial charge is 0.497 e. The van der Waals surface area contributed by atoms with Gasteiger partial charge >= 0.3 is 6.03 Å². The number of thioether (sulfide) groups is 1. The molecule has 2 aromatic carbocycles. The molecular formula is C18H22N2O4S. The summed E-state index contributed by atoms with van der Waals surface area (Å²) in [5.74, 6) is 1.12. The van der Waals surface area contributed by atoms with Crippen molar-refractivity contribution in [3.63, 3.8) is 0 Å². The van der Waals surface area contributed by atoms with Crippen LogP contribution >= 0.6 is 11.8 Å². The van der Waals surface area contributed by atoms with Gasteiger partial charge in [0.05, 0.1) is 26.0 Å². The minimum atomic E-state index is -0.778. The Morgan fingerprint density at radius 1 is 1.16 bits per heavy atom. The summed E-state index contributed by atoms with van der Waals surface area (Å²) < 4.78 is 10.3.